The van der Waals surface area contributed by atoms with Crippen LogP contribution in [0.1, 0.15) is 0 Å². The van der Waals surface area contributed by atoms with Gasteiger partial charge in [0.1, 0.15) is 0 Å². The van der Waals surface area contributed by atoms with Gasteiger partial charge in [0.05, 0.1) is 11.0 Å². The van der Waals surface area contributed by atoms with Crippen LogP contribution < -0.4 is 15.9 Å². The van der Waals surface area contributed by atoms with E-state index in [1.54, 1.807) is 0 Å². The van der Waals surface area contributed by atoms with E-state index in [0.717, 1.165) is 60.0 Å². The lowest BCUT2D eigenvalue weighted by Crippen LogP contribution is -2.25. The lowest BCUT2D eigenvalue weighted by atomic mass is 9.93. The van der Waals surface area contributed by atoms with Crippen molar-refractivity contribution in [2.24, 2.45) is 0 Å². The zero-order valence-electron chi connectivity index (χ0n) is 31.1. The monoisotopic (exact) mass is 745 g/mol. The summed E-state index contributed by atoms with van der Waals surface area (Å²) in [5, 5.41) is 11.9. The fourth-order valence-corrected chi connectivity index (χ4v) is 11.5. The van der Waals surface area contributed by atoms with Crippen LogP contribution in [-0.2, 0) is 4.57 Å². The third kappa shape index (κ3) is 5.37. The van der Waals surface area contributed by atoms with E-state index in [9.17, 15) is 0 Å². The highest BCUT2D eigenvalue weighted by Gasteiger charge is 2.31. The molecule has 2 nitrogen and oxygen atoms in total. The summed E-state index contributed by atoms with van der Waals surface area (Å²) in [5.74, 6) is 0. The first kappa shape index (κ1) is 33.4. The Hall–Kier alpha value is -6.99. The molecule has 0 amide bonds. The molecule has 0 radical (unpaired) electrons. The Bertz CT molecular complexity index is 3250. The number of hydrogen-bond acceptors (Lipinski definition) is 1. The van der Waals surface area contributed by atoms with Crippen molar-refractivity contribution >= 4 is 77.2 Å². The van der Waals surface area contributed by atoms with E-state index >= 15 is 4.57 Å². The zero-order chi connectivity index (χ0) is 37.9. The minimum Gasteiger partial charge on any atom is -0.309 e. The van der Waals surface area contributed by atoms with Gasteiger partial charge in [-0.05, 0) is 91.0 Å². The van der Waals surface area contributed by atoms with Crippen LogP contribution in [0, 0.1) is 0 Å². The summed E-state index contributed by atoms with van der Waals surface area (Å²) in [7, 11) is -3.35. The molecule has 268 valence electrons. The van der Waals surface area contributed by atoms with Gasteiger partial charge in [-0.2, -0.15) is 0 Å². The quantitative estimate of drug-likeness (QED) is 0.123. The molecule has 0 unspecified atom stereocenters. The van der Waals surface area contributed by atoms with Gasteiger partial charge in [0, 0.05) is 32.4 Å². The van der Waals surface area contributed by atoms with Crippen molar-refractivity contribution in [3.8, 4) is 27.9 Å². The third-order valence-corrected chi connectivity index (χ3v) is 14.7. The smallest absolute Gasteiger partial charge is 0.171 e. The number of fused-ring (bicyclic) bond motifs is 9. The minimum atomic E-state index is -3.35. The molecule has 0 bridgehead atoms. The predicted molar refractivity (Wildman–Crippen MR) is 244 cm³/mol. The molecule has 11 aromatic rings. The van der Waals surface area contributed by atoms with Crippen molar-refractivity contribution in [1.29, 1.82) is 0 Å². The molecule has 10 aromatic carbocycles. The molecule has 1 aromatic heterocycles. The van der Waals surface area contributed by atoms with Crippen LogP contribution in [0.4, 0.5) is 0 Å². The maximum Gasteiger partial charge on any atom is 0.171 e. The van der Waals surface area contributed by atoms with Gasteiger partial charge in [-0.1, -0.05) is 182 Å². The topological polar surface area (TPSA) is 22.0 Å². The van der Waals surface area contributed by atoms with Crippen molar-refractivity contribution in [2.45, 2.75) is 0 Å². The predicted octanol–water partition coefficient (Wildman–Crippen LogP) is 13.2. The fourth-order valence-electron chi connectivity index (χ4n) is 8.89. The number of para-hydroxylation sites is 2. The number of benzene rings is 10. The van der Waals surface area contributed by atoms with Crippen molar-refractivity contribution in [3.63, 3.8) is 0 Å². The maximum atomic E-state index is 16.2. The van der Waals surface area contributed by atoms with Gasteiger partial charge in [0.2, 0.25) is 0 Å². The summed E-state index contributed by atoms with van der Waals surface area (Å²) >= 11 is 0. The van der Waals surface area contributed by atoms with Gasteiger partial charge in [-0.15, -0.1) is 0 Å². The molecule has 0 saturated heterocycles. The second-order valence-corrected chi connectivity index (χ2v) is 17.6. The van der Waals surface area contributed by atoms with Gasteiger partial charge in [-0.3, -0.25) is 0 Å². The van der Waals surface area contributed by atoms with Crippen LogP contribution in [0.15, 0.2) is 218 Å². The highest BCUT2D eigenvalue weighted by Crippen LogP contribution is 2.46. The fraction of sp³-hybridized carbons (Fsp3) is 0. The minimum absolute atomic E-state index is 0.813. The first-order chi connectivity index (χ1) is 28.1. The van der Waals surface area contributed by atoms with Gasteiger partial charge in [0.15, 0.2) is 7.14 Å². The summed E-state index contributed by atoms with van der Waals surface area (Å²) in [6.45, 7) is 0. The highest BCUT2D eigenvalue weighted by molar-refractivity contribution is 7.85. The molecule has 3 heteroatoms. The molecule has 11 rings (SSSR count). The number of aromatic nitrogens is 1. The second-order valence-electron chi connectivity index (χ2n) is 14.8. The number of rotatable bonds is 6. The molecule has 1 heterocycles. The van der Waals surface area contributed by atoms with Crippen molar-refractivity contribution in [3.05, 3.63) is 218 Å². The van der Waals surface area contributed by atoms with Gasteiger partial charge < -0.3 is 9.13 Å². The van der Waals surface area contributed by atoms with E-state index in [2.05, 4.69) is 211 Å². The van der Waals surface area contributed by atoms with Crippen LogP contribution in [-0.4, -0.2) is 4.57 Å². The lowest BCUT2D eigenvalue weighted by Gasteiger charge is -2.22. The van der Waals surface area contributed by atoms with E-state index < -0.39 is 7.14 Å². The molecule has 0 aliphatic carbocycles. The van der Waals surface area contributed by atoms with Crippen LogP contribution in [0.5, 0.6) is 0 Å². The molecular formula is C54H36NOP. The Morgan fingerprint density at radius 2 is 0.702 bits per heavy atom. The van der Waals surface area contributed by atoms with Gasteiger partial charge >= 0.3 is 0 Å². The average molecular weight is 746 g/mol. The van der Waals surface area contributed by atoms with E-state index in [4.69, 9.17) is 0 Å². The highest BCUT2D eigenvalue weighted by atomic mass is 31.2. The molecule has 0 N–H and O–H groups in total. The molecule has 0 atom stereocenters. The Balaban J connectivity index is 1.16. The van der Waals surface area contributed by atoms with E-state index in [0.29, 0.717) is 0 Å². The van der Waals surface area contributed by atoms with Crippen molar-refractivity contribution < 1.29 is 4.57 Å². The first-order valence-electron chi connectivity index (χ1n) is 19.4. The molecule has 0 spiro atoms. The van der Waals surface area contributed by atoms with Gasteiger partial charge in [0.25, 0.3) is 0 Å². The molecule has 0 aliphatic heterocycles. The van der Waals surface area contributed by atoms with Crippen LogP contribution >= 0.6 is 7.14 Å². The number of hydrogen-bond donors (Lipinski definition) is 0. The Labute approximate surface area is 331 Å². The summed E-state index contributed by atoms with van der Waals surface area (Å²) in [6.07, 6.45) is 0. The summed E-state index contributed by atoms with van der Waals surface area (Å²) < 4.78 is 18.6. The average Bonchev–Trinajstić information content (AvgIpc) is 3.62. The van der Waals surface area contributed by atoms with Gasteiger partial charge in [-0.25, -0.2) is 0 Å². The van der Waals surface area contributed by atoms with E-state index in [-0.39, 0.29) is 0 Å². The Morgan fingerprint density at radius 3 is 1.28 bits per heavy atom. The second kappa shape index (κ2) is 13.3. The van der Waals surface area contributed by atoms with Crippen molar-refractivity contribution in [2.75, 3.05) is 0 Å². The Morgan fingerprint density at radius 1 is 0.281 bits per heavy atom. The molecule has 57 heavy (non-hydrogen) atoms. The summed E-state index contributed by atoms with van der Waals surface area (Å²) in [6, 6.07) is 76.7. The Kier molecular flexibility index (Phi) is 7.81. The normalized spacial score (nSPS) is 11.9. The third-order valence-electron chi connectivity index (χ3n) is 11.7. The lowest BCUT2D eigenvalue weighted by molar-refractivity contribution is 0.592. The van der Waals surface area contributed by atoms with Crippen LogP contribution in [0.2, 0.25) is 0 Å². The summed E-state index contributed by atoms with van der Waals surface area (Å²) in [5.41, 5.74) is 7.95. The standard InChI is InChI=1S/C54H36NOP/c56-57(42-28-24-39(25-29-42)37-14-4-1-5-15-37,43-30-26-40(27-31-43)38-16-6-2-7-17-38)44-32-33-47-49(34-44)45-20-10-11-21-46(45)50-35-52-48-22-12-13-23-53(48)55(54(52)36-51(47)50)41-18-8-3-9-19-41/h1-36H. The zero-order valence-corrected chi connectivity index (χ0v) is 32.0. The largest absolute Gasteiger partial charge is 0.309 e. The maximum absolute atomic E-state index is 16.2. The molecule has 0 aliphatic rings. The number of nitrogens with zero attached hydrogens (tertiary/aromatic N) is 1. The SMILES string of the molecule is O=P(c1ccc(-c2ccccc2)cc1)(c1ccc(-c2ccccc2)cc1)c1ccc2c(c1)c1ccccc1c1cc3c4ccccc4n(-c4ccccc4)c3cc21. The van der Waals surface area contributed by atoms with Crippen LogP contribution in [0.25, 0.3) is 82.1 Å². The molecule has 0 saturated carbocycles. The summed E-state index contributed by atoms with van der Waals surface area (Å²) in [4.78, 5) is 0. The van der Waals surface area contributed by atoms with Crippen molar-refractivity contribution in [1.82, 2.24) is 4.57 Å². The first-order valence-corrected chi connectivity index (χ1v) is 21.2. The van der Waals surface area contributed by atoms with E-state index in [1.807, 2.05) is 12.1 Å². The molecular weight excluding hydrogens is 710 g/mol. The van der Waals surface area contributed by atoms with E-state index in [1.165, 1.54) is 38.0 Å². The molecule has 0 fully saturated rings. The van der Waals surface area contributed by atoms with Crippen LogP contribution in [0.3, 0.4) is 0 Å².